The molecule has 7 amide bonds. The van der Waals surface area contributed by atoms with E-state index in [1.807, 2.05) is 0 Å². The van der Waals surface area contributed by atoms with Crippen LogP contribution in [0.15, 0.2) is 23.7 Å². The number of carbonyl (C=O) groups excluding carboxylic acids is 7. The number of ether oxygens (including phenoxy) is 17. The van der Waals surface area contributed by atoms with Crippen molar-refractivity contribution >= 4 is 41.4 Å². The van der Waals surface area contributed by atoms with Gasteiger partial charge >= 0.3 is 0 Å². The maximum Gasteiger partial charge on any atom is 0.232 e. The average Bonchev–Trinajstić information content (AvgIpc) is 1.21. The summed E-state index contributed by atoms with van der Waals surface area (Å²) in [4.78, 5) is 91.8. The van der Waals surface area contributed by atoms with Crippen molar-refractivity contribution in [1.29, 1.82) is 0 Å². The second-order valence-corrected chi connectivity index (χ2v) is 28.4. The van der Waals surface area contributed by atoms with Crippen LogP contribution < -0.4 is 26.6 Å². The van der Waals surface area contributed by atoms with E-state index in [1.54, 1.807) is 23.3 Å². The molecule has 4 aliphatic rings. The van der Waals surface area contributed by atoms with Gasteiger partial charge in [0.05, 0.1) is 223 Å². The zero-order valence-electron chi connectivity index (χ0n) is 68.3. The number of nitrogens with one attached hydrogen (secondary N) is 5. The Balaban J connectivity index is 0.903. The van der Waals surface area contributed by atoms with Crippen molar-refractivity contribution in [1.82, 2.24) is 76.5 Å². The molecule has 3 aromatic rings. The molecule has 7 rings (SSSR count). The molecular weight excluding hydrogens is 1630 g/mol. The van der Waals surface area contributed by atoms with Crippen molar-refractivity contribution in [3.8, 4) is 0 Å². The molecule has 0 bridgehead atoms. The minimum atomic E-state index is -1.48. The van der Waals surface area contributed by atoms with Gasteiger partial charge in [0, 0.05) is 76.4 Å². The van der Waals surface area contributed by atoms with Crippen LogP contribution in [0, 0.1) is 5.92 Å². The Bertz CT molecular complexity index is 3460. The van der Waals surface area contributed by atoms with Gasteiger partial charge in [-0.15, -0.1) is 15.3 Å². The number of aliphatic hydroxyl groups excluding tert-OH is 9. The van der Waals surface area contributed by atoms with Crippen LogP contribution in [0.3, 0.4) is 0 Å². The van der Waals surface area contributed by atoms with E-state index < -0.39 is 159 Å². The van der Waals surface area contributed by atoms with Crippen molar-refractivity contribution in [2.75, 3.05) is 185 Å². The number of amides is 7. The number of aliphatic hydroxyl groups is 9. The van der Waals surface area contributed by atoms with E-state index in [0.717, 1.165) is 4.90 Å². The van der Waals surface area contributed by atoms with Crippen LogP contribution >= 0.6 is 0 Å². The Morgan fingerprint density at radius 1 is 0.508 bits per heavy atom. The monoisotopic (exact) mass is 1750 g/mol. The minimum absolute atomic E-state index is 0.0177. The van der Waals surface area contributed by atoms with Crippen LogP contribution in [0.5, 0.6) is 0 Å². The number of hydrogen-bond donors (Lipinski definition) is 14. The number of imide groups is 1. The molecule has 690 valence electrons. The van der Waals surface area contributed by atoms with Crippen molar-refractivity contribution in [3.05, 3.63) is 46.1 Å². The third-order valence-electron chi connectivity index (χ3n) is 18.8. The fourth-order valence-corrected chi connectivity index (χ4v) is 12.5. The summed E-state index contributed by atoms with van der Waals surface area (Å²) in [6.45, 7) is 2.38. The van der Waals surface area contributed by atoms with Crippen molar-refractivity contribution in [3.63, 3.8) is 0 Å². The largest absolute Gasteiger partial charge is 0.394 e. The van der Waals surface area contributed by atoms with Gasteiger partial charge in [0.2, 0.25) is 41.4 Å². The Morgan fingerprint density at radius 2 is 0.934 bits per heavy atom. The van der Waals surface area contributed by atoms with Gasteiger partial charge in [-0.25, -0.2) is 14.0 Å². The molecule has 7 heterocycles. The minimum Gasteiger partial charge on any atom is -0.394 e. The lowest BCUT2D eigenvalue weighted by atomic mass is 9.97. The number of rotatable bonds is 65. The van der Waals surface area contributed by atoms with Gasteiger partial charge in [-0.1, -0.05) is 20.8 Å². The van der Waals surface area contributed by atoms with Gasteiger partial charge in [0.1, 0.15) is 90.3 Å². The van der Waals surface area contributed by atoms with E-state index in [4.69, 9.17) is 86.1 Å². The molecule has 51 nitrogen and oxygen atoms in total. The maximum absolute atomic E-state index is 14.2. The quantitative estimate of drug-likeness (QED) is 0.00623. The van der Waals surface area contributed by atoms with Crippen LogP contribution in [0.1, 0.15) is 69.5 Å². The van der Waals surface area contributed by atoms with Gasteiger partial charge in [-0.3, -0.25) is 38.5 Å². The molecule has 0 aromatic carbocycles. The Morgan fingerprint density at radius 3 is 1.39 bits per heavy atom. The average molecular weight is 1750 g/mol. The third kappa shape index (κ3) is 36.8. The van der Waals surface area contributed by atoms with Crippen molar-refractivity contribution in [2.24, 2.45) is 11.0 Å². The Kier molecular flexibility index (Phi) is 47.3. The molecule has 0 radical (unpaired) electrons. The standard InChI is InChI=1S/C71H118N18O33/c1-46(93)76-61-66(103)64(101)54(37-91)121-69(61)118-29-26-111-21-18-108-15-11-87-34-50(80-84-87)40-115-43-71(42-114-39-49-33-86(83-79-49)10-14-107-17-20-110-25-28-117-60-32-52(95)63(100)53(36-90)120-60,44-116-41-51-35-88(85-81-51)12-16-109-19-22-112-27-30-119-70-62(77-47(2)94)67(104)65(102)55(38-92)122-70)78-58(98)4-7-73-57(97)6-13-106-23-24-113-45-74-56(96)5-9-89-59(99)31-48(68(89)105)3-8-75-82-72/h33-35,48,52-55,60-67,69-70,90-92,95,100-104H,3-32,36-45H2,1-2H3,(H,73,97)(H,74,96)(H,76,93)(H,77,94)(H,78,98)/t48?,52?,53?,54?,55?,60-,61+,62+,63-,64+,65+,66?,67?,69-,70-,71?/m0/s1. The lowest BCUT2D eigenvalue weighted by Crippen LogP contribution is -2.64. The molecule has 0 saturated carbocycles. The van der Waals surface area contributed by atoms with Gasteiger partial charge in [0.25, 0.3) is 0 Å². The molecule has 3 aromatic heterocycles. The number of hydrogen-bond acceptors (Lipinski definition) is 40. The fourth-order valence-electron chi connectivity index (χ4n) is 12.5. The van der Waals surface area contributed by atoms with Gasteiger partial charge in [-0.2, -0.15) is 0 Å². The molecule has 0 spiro atoms. The molecule has 7 unspecified atom stereocenters. The van der Waals surface area contributed by atoms with Gasteiger partial charge in [-0.05, 0) is 12.0 Å². The van der Waals surface area contributed by atoms with E-state index >= 15 is 0 Å². The van der Waals surface area contributed by atoms with E-state index in [9.17, 15) is 79.5 Å². The van der Waals surface area contributed by atoms with Crippen LogP contribution in [0.2, 0.25) is 0 Å². The molecule has 122 heavy (non-hydrogen) atoms. The first kappa shape index (κ1) is 101. The summed E-state index contributed by atoms with van der Waals surface area (Å²) in [6, 6.07) is -2.21. The number of carbonyl (C=O) groups is 7. The predicted octanol–water partition coefficient (Wildman–Crippen LogP) is -8.40. The highest BCUT2D eigenvalue weighted by Crippen LogP contribution is 2.27. The van der Waals surface area contributed by atoms with Crippen LogP contribution in [-0.4, -0.2) is 414 Å². The zero-order chi connectivity index (χ0) is 87.9. The highest BCUT2D eigenvalue weighted by Gasteiger charge is 2.47. The number of azide groups is 1. The highest BCUT2D eigenvalue weighted by molar-refractivity contribution is 6.03. The smallest absolute Gasteiger partial charge is 0.232 e. The maximum atomic E-state index is 14.2. The SMILES string of the molecule is CC(=O)N[C@@H]1C(O)[C@H](O)C(CO)O[C@@H]1OCCOCCOCCn1cc(COCC(COCc2cn(CCOCCOCCO[C@@H]3CC(O)[C@H](O)C(CO)O3)nn2)(COCc2cn(CCOCCOCCO[C@H]3OC(CO)[C@@H](O)C(O)[C@H]3NC(C)=O)nn2)NC(=O)CCNC(=O)CCOCCOCNC(=O)CCN2C(=O)CC(CCN=[N+]=[N-])C2=O)nn1. The predicted molar refractivity (Wildman–Crippen MR) is 406 cm³/mol. The molecule has 15 atom stereocenters. The summed E-state index contributed by atoms with van der Waals surface area (Å²) < 4.78 is 102. The van der Waals surface area contributed by atoms with E-state index in [2.05, 4.69) is 67.5 Å². The second kappa shape index (κ2) is 56.9. The highest BCUT2D eigenvalue weighted by atomic mass is 16.7. The fraction of sp³-hybridized carbons (Fsp3) is 0.817. The summed E-state index contributed by atoms with van der Waals surface area (Å²) in [5, 5.41) is 132. The first-order chi connectivity index (χ1) is 59.0. The summed E-state index contributed by atoms with van der Waals surface area (Å²) in [5.74, 6) is -3.87. The van der Waals surface area contributed by atoms with Crippen molar-refractivity contribution < 1.29 is 160 Å². The molecule has 51 heteroatoms. The molecular formula is C71H118N18O33. The topological polar surface area (TPSA) is 663 Å². The van der Waals surface area contributed by atoms with Crippen molar-refractivity contribution in [2.45, 2.75) is 183 Å². The molecule has 4 aliphatic heterocycles. The van der Waals surface area contributed by atoms with E-state index in [1.165, 1.54) is 23.2 Å². The van der Waals surface area contributed by atoms with Gasteiger partial charge in [0.15, 0.2) is 18.9 Å². The second-order valence-electron chi connectivity index (χ2n) is 28.4. The lowest BCUT2D eigenvalue weighted by molar-refractivity contribution is -0.272. The molecule has 0 aliphatic carbocycles. The normalized spacial score (nSPS) is 24.1. The van der Waals surface area contributed by atoms with Crippen LogP contribution in [0.25, 0.3) is 10.4 Å². The molecule has 4 fully saturated rings. The molecule has 4 saturated heterocycles. The Labute approximate surface area is 700 Å². The van der Waals surface area contributed by atoms with E-state index in [-0.39, 0.29) is 237 Å². The van der Waals surface area contributed by atoms with Gasteiger partial charge < -0.3 is 153 Å². The number of aromatic nitrogens is 9. The third-order valence-corrected chi connectivity index (χ3v) is 18.8. The lowest BCUT2D eigenvalue weighted by Gasteiger charge is -2.42. The summed E-state index contributed by atoms with van der Waals surface area (Å²) in [5.41, 5.74) is 8.23. The van der Waals surface area contributed by atoms with Crippen LogP contribution in [0.4, 0.5) is 0 Å². The first-order valence-electron chi connectivity index (χ1n) is 40.0. The Hall–Kier alpha value is -7.82. The van der Waals surface area contributed by atoms with E-state index in [0.29, 0.717) is 23.6 Å². The summed E-state index contributed by atoms with van der Waals surface area (Å²) >= 11 is 0. The summed E-state index contributed by atoms with van der Waals surface area (Å²) in [7, 11) is 0. The number of nitrogens with zero attached hydrogens (tertiary/aromatic N) is 13. The zero-order valence-corrected chi connectivity index (χ0v) is 68.3. The van der Waals surface area contributed by atoms with Crippen LogP contribution in [-0.2, 0) is 154 Å². The first-order valence-corrected chi connectivity index (χ1v) is 40.0. The number of likely N-dealkylation sites (tertiary alicyclic amines) is 1. The molecule has 14 N–H and O–H groups in total. The summed E-state index contributed by atoms with van der Waals surface area (Å²) in [6.07, 6.45) is -9.92.